The second-order valence-electron chi connectivity index (χ2n) is 5.54. The fraction of sp³-hybridized carbons (Fsp3) is 0.583. The SMILES string of the molecule is CNCc1ccc(S(=O)(=O)NC2(C)CCS(=O)(=O)C2)nc1. The maximum atomic E-state index is 12.3. The van der Waals surface area contributed by atoms with Crippen molar-refractivity contribution < 1.29 is 16.8 Å². The van der Waals surface area contributed by atoms with Crippen LogP contribution in [0, 0.1) is 0 Å². The number of sulfone groups is 1. The van der Waals surface area contributed by atoms with Gasteiger partial charge in [-0.15, -0.1) is 0 Å². The number of aromatic nitrogens is 1. The van der Waals surface area contributed by atoms with Crippen molar-refractivity contribution in [1.82, 2.24) is 15.0 Å². The quantitative estimate of drug-likeness (QED) is 0.763. The summed E-state index contributed by atoms with van der Waals surface area (Å²) >= 11 is 0. The molecule has 2 rings (SSSR count). The lowest BCUT2D eigenvalue weighted by atomic mass is 10.0. The summed E-state index contributed by atoms with van der Waals surface area (Å²) in [6.07, 6.45) is 1.76. The van der Waals surface area contributed by atoms with Gasteiger partial charge in [0, 0.05) is 18.3 Å². The first kappa shape index (κ1) is 16.3. The van der Waals surface area contributed by atoms with Crippen molar-refractivity contribution in [2.75, 3.05) is 18.6 Å². The van der Waals surface area contributed by atoms with Crippen LogP contribution in [0.3, 0.4) is 0 Å². The van der Waals surface area contributed by atoms with E-state index in [1.165, 1.54) is 12.3 Å². The molecule has 1 saturated heterocycles. The minimum atomic E-state index is -3.83. The minimum absolute atomic E-state index is 0.000551. The van der Waals surface area contributed by atoms with Gasteiger partial charge in [0.15, 0.2) is 14.9 Å². The summed E-state index contributed by atoms with van der Waals surface area (Å²) in [5.74, 6) is -0.183. The van der Waals surface area contributed by atoms with Crippen LogP contribution in [0.25, 0.3) is 0 Å². The van der Waals surface area contributed by atoms with Gasteiger partial charge >= 0.3 is 0 Å². The molecular weight excluding hydrogens is 314 g/mol. The van der Waals surface area contributed by atoms with E-state index in [4.69, 9.17) is 0 Å². The highest BCUT2D eigenvalue weighted by Gasteiger charge is 2.41. The highest BCUT2D eigenvalue weighted by Crippen LogP contribution is 2.24. The third-order valence-electron chi connectivity index (χ3n) is 3.34. The first-order valence-corrected chi connectivity index (χ1v) is 9.80. The van der Waals surface area contributed by atoms with Gasteiger partial charge in [-0.2, -0.15) is 0 Å². The predicted molar refractivity (Wildman–Crippen MR) is 79.0 cm³/mol. The van der Waals surface area contributed by atoms with E-state index in [9.17, 15) is 16.8 Å². The summed E-state index contributed by atoms with van der Waals surface area (Å²) in [5.41, 5.74) is -0.102. The Morgan fingerprint density at radius 2 is 2.10 bits per heavy atom. The van der Waals surface area contributed by atoms with Gasteiger partial charge in [-0.05, 0) is 32.0 Å². The first-order valence-electron chi connectivity index (χ1n) is 6.50. The first-order chi connectivity index (χ1) is 9.66. The molecule has 2 N–H and O–H groups in total. The van der Waals surface area contributed by atoms with Gasteiger partial charge < -0.3 is 5.32 Å². The fourth-order valence-corrected chi connectivity index (χ4v) is 5.90. The lowest BCUT2D eigenvalue weighted by Crippen LogP contribution is -2.46. The average molecular weight is 333 g/mol. The molecule has 1 unspecified atom stereocenters. The highest BCUT2D eigenvalue weighted by molar-refractivity contribution is 7.92. The van der Waals surface area contributed by atoms with Gasteiger partial charge in [-0.1, -0.05) is 6.07 Å². The van der Waals surface area contributed by atoms with E-state index >= 15 is 0 Å². The molecule has 0 saturated carbocycles. The van der Waals surface area contributed by atoms with Crippen LogP contribution >= 0.6 is 0 Å². The van der Waals surface area contributed by atoms with Crippen molar-refractivity contribution in [3.05, 3.63) is 23.9 Å². The molecule has 1 aliphatic heterocycles. The summed E-state index contributed by atoms with van der Waals surface area (Å²) in [5, 5.41) is 2.84. The zero-order valence-corrected chi connectivity index (χ0v) is 13.6. The average Bonchev–Trinajstić information content (AvgIpc) is 2.63. The van der Waals surface area contributed by atoms with E-state index < -0.39 is 25.4 Å². The molecule has 21 heavy (non-hydrogen) atoms. The summed E-state index contributed by atoms with van der Waals surface area (Å²) in [4.78, 5) is 3.94. The van der Waals surface area contributed by atoms with Crippen molar-refractivity contribution >= 4 is 19.9 Å². The van der Waals surface area contributed by atoms with Gasteiger partial charge in [-0.3, -0.25) is 0 Å². The summed E-state index contributed by atoms with van der Waals surface area (Å²) in [6.45, 7) is 2.20. The summed E-state index contributed by atoms with van der Waals surface area (Å²) in [6, 6.07) is 3.09. The summed E-state index contributed by atoms with van der Waals surface area (Å²) < 4.78 is 50.1. The number of hydrogen-bond acceptors (Lipinski definition) is 6. The zero-order valence-electron chi connectivity index (χ0n) is 12.0. The van der Waals surface area contributed by atoms with E-state index in [-0.39, 0.29) is 23.0 Å². The maximum absolute atomic E-state index is 12.3. The van der Waals surface area contributed by atoms with Crippen LogP contribution in [0.2, 0.25) is 0 Å². The second-order valence-corrected chi connectivity index (χ2v) is 9.36. The molecule has 1 atom stereocenters. The Hall–Kier alpha value is -1.03. The highest BCUT2D eigenvalue weighted by atomic mass is 32.2. The van der Waals surface area contributed by atoms with Crippen LogP contribution in [-0.2, 0) is 26.4 Å². The predicted octanol–water partition coefficient (Wildman–Crippen LogP) is -0.343. The number of rotatable bonds is 5. The Morgan fingerprint density at radius 3 is 2.57 bits per heavy atom. The molecule has 7 nitrogen and oxygen atoms in total. The zero-order chi connectivity index (χ0) is 15.7. The molecular formula is C12H19N3O4S2. The Labute approximate surface area is 125 Å². The van der Waals surface area contributed by atoms with E-state index in [2.05, 4.69) is 15.0 Å². The van der Waals surface area contributed by atoms with E-state index in [1.54, 1.807) is 20.0 Å². The maximum Gasteiger partial charge on any atom is 0.258 e. The van der Waals surface area contributed by atoms with Crippen LogP contribution in [0.4, 0.5) is 0 Å². The standard InChI is InChI=1S/C12H19N3O4S2/c1-12(5-6-20(16,17)9-12)15-21(18,19)11-4-3-10(7-13-2)8-14-11/h3-4,8,13,15H,5-7,9H2,1-2H3. The molecule has 9 heteroatoms. The van der Waals surface area contributed by atoms with Crippen molar-refractivity contribution in [2.24, 2.45) is 0 Å². The summed E-state index contributed by atoms with van der Waals surface area (Å²) in [7, 11) is -5.22. The van der Waals surface area contributed by atoms with Crippen molar-refractivity contribution in [3.8, 4) is 0 Å². The van der Waals surface area contributed by atoms with Gasteiger partial charge in [0.1, 0.15) is 0 Å². The Bertz CT molecular complexity index is 713. The van der Waals surface area contributed by atoms with Crippen LogP contribution < -0.4 is 10.0 Å². The molecule has 0 aromatic carbocycles. The number of hydrogen-bond donors (Lipinski definition) is 2. The van der Waals surface area contributed by atoms with E-state index in [0.29, 0.717) is 6.54 Å². The molecule has 1 aromatic rings. The monoisotopic (exact) mass is 333 g/mol. The molecule has 0 amide bonds. The molecule has 0 aliphatic carbocycles. The van der Waals surface area contributed by atoms with E-state index in [1.807, 2.05) is 0 Å². The fourth-order valence-electron chi connectivity index (χ4n) is 2.35. The lowest BCUT2D eigenvalue weighted by Gasteiger charge is -2.23. The normalized spacial score (nSPS) is 25.0. The third kappa shape index (κ3) is 4.00. The smallest absolute Gasteiger partial charge is 0.258 e. The van der Waals surface area contributed by atoms with Gasteiger partial charge in [-0.25, -0.2) is 26.5 Å². The molecule has 1 aliphatic rings. The van der Waals surface area contributed by atoms with Crippen molar-refractivity contribution in [2.45, 2.75) is 30.5 Å². The lowest BCUT2D eigenvalue weighted by molar-refractivity contribution is 0.460. The number of sulfonamides is 1. The Kier molecular flexibility index (Phi) is 4.39. The van der Waals surface area contributed by atoms with Crippen molar-refractivity contribution in [1.29, 1.82) is 0 Å². The molecule has 2 heterocycles. The molecule has 0 bridgehead atoms. The van der Waals surface area contributed by atoms with Gasteiger partial charge in [0.25, 0.3) is 10.0 Å². The molecule has 1 aromatic heterocycles. The number of pyridine rings is 1. The van der Waals surface area contributed by atoms with Crippen LogP contribution in [0.1, 0.15) is 18.9 Å². The number of nitrogens with zero attached hydrogens (tertiary/aromatic N) is 1. The molecule has 118 valence electrons. The van der Waals surface area contributed by atoms with Crippen LogP contribution in [-0.4, -0.2) is 45.9 Å². The Balaban J connectivity index is 2.19. The largest absolute Gasteiger partial charge is 0.316 e. The second kappa shape index (κ2) is 5.64. The van der Waals surface area contributed by atoms with Crippen LogP contribution in [0.15, 0.2) is 23.4 Å². The third-order valence-corrected chi connectivity index (χ3v) is 6.79. The number of nitrogens with one attached hydrogen (secondary N) is 2. The van der Waals surface area contributed by atoms with Crippen molar-refractivity contribution in [3.63, 3.8) is 0 Å². The topological polar surface area (TPSA) is 105 Å². The molecule has 0 radical (unpaired) electrons. The van der Waals surface area contributed by atoms with Gasteiger partial charge in [0.2, 0.25) is 0 Å². The Morgan fingerprint density at radius 1 is 1.38 bits per heavy atom. The van der Waals surface area contributed by atoms with E-state index in [0.717, 1.165) is 5.56 Å². The van der Waals surface area contributed by atoms with Gasteiger partial charge in [0.05, 0.1) is 11.5 Å². The van der Waals surface area contributed by atoms with Crippen LogP contribution in [0.5, 0.6) is 0 Å². The molecule has 1 fully saturated rings. The molecule has 0 spiro atoms. The minimum Gasteiger partial charge on any atom is -0.316 e.